The van der Waals surface area contributed by atoms with Crippen LogP contribution in [0.15, 0.2) is 52.9 Å². The van der Waals surface area contributed by atoms with Crippen LogP contribution in [0.5, 0.6) is 5.75 Å². The molecule has 4 rings (SSSR count). The molecular formula is C17H12N2O2. The molecule has 1 N–H and O–H groups in total. The predicted molar refractivity (Wildman–Crippen MR) is 81.1 cm³/mol. The Morgan fingerprint density at radius 1 is 0.905 bits per heavy atom. The average Bonchev–Trinajstić information content (AvgIpc) is 2.84. The van der Waals surface area contributed by atoms with Crippen LogP contribution in [-0.2, 0) is 0 Å². The van der Waals surface area contributed by atoms with Crippen LogP contribution >= 0.6 is 0 Å². The van der Waals surface area contributed by atoms with Gasteiger partial charge in [0.15, 0.2) is 11.5 Å². The first kappa shape index (κ1) is 11.9. The maximum absolute atomic E-state index is 10.4. The van der Waals surface area contributed by atoms with Gasteiger partial charge in [-0.25, -0.2) is 9.97 Å². The Kier molecular flexibility index (Phi) is 2.44. The minimum Gasteiger partial charge on any atom is -0.504 e. The quantitative estimate of drug-likeness (QED) is 0.569. The van der Waals surface area contributed by atoms with Gasteiger partial charge in [0, 0.05) is 0 Å². The molecule has 21 heavy (non-hydrogen) atoms. The van der Waals surface area contributed by atoms with E-state index in [1.165, 1.54) is 0 Å². The Morgan fingerprint density at radius 2 is 1.57 bits per heavy atom. The van der Waals surface area contributed by atoms with E-state index in [0.29, 0.717) is 22.4 Å². The molecule has 4 heteroatoms. The number of hydrogen-bond acceptors (Lipinski definition) is 4. The molecule has 0 saturated carbocycles. The molecule has 2 heterocycles. The summed E-state index contributed by atoms with van der Waals surface area (Å²) < 4.78 is 5.76. The lowest BCUT2D eigenvalue weighted by molar-refractivity contribution is 0.469. The lowest BCUT2D eigenvalue weighted by Gasteiger charge is -2.04. The van der Waals surface area contributed by atoms with E-state index in [2.05, 4.69) is 9.97 Å². The maximum atomic E-state index is 10.4. The van der Waals surface area contributed by atoms with Gasteiger partial charge in [-0.15, -0.1) is 0 Å². The first-order chi connectivity index (χ1) is 10.2. The molecule has 2 aromatic heterocycles. The van der Waals surface area contributed by atoms with Crippen LogP contribution in [0, 0.1) is 6.92 Å². The highest BCUT2D eigenvalue weighted by atomic mass is 16.4. The number of benzene rings is 2. The largest absolute Gasteiger partial charge is 0.504 e. The molecule has 4 aromatic rings. The lowest BCUT2D eigenvalue weighted by atomic mass is 10.2. The van der Waals surface area contributed by atoms with Crippen LogP contribution in [0.2, 0.25) is 0 Å². The summed E-state index contributed by atoms with van der Waals surface area (Å²) in [5, 5.41) is 11.1. The number of hydrogen-bond donors (Lipinski definition) is 1. The van der Waals surface area contributed by atoms with Crippen LogP contribution < -0.4 is 0 Å². The third kappa shape index (κ3) is 1.76. The number of aromatic nitrogens is 2. The molecular weight excluding hydrogens is 264 g/mol. The molecule has 0 fully saturated rings. The van der Waals surface area contributed by atoms with E-state index in [1.54, 1.807) is 0 Å². The molecule has 102 valence electrons. The maximum Gasteiger partial charge on any atom is 0.197 e. The Bertz CT molecular complexity index is 973. The molecule has 0 spiro atoms. The van der Waals surface area contributed by atoms with Crippen molar-refractivity contribution in [3.05, 3.63) is 54.2 Å². The molecule has 0 aliphatic carbocycles. The summed E-state index contributed by atoms with van der Waals surface area (Å²) in [5.74, 6) is 0.477. The van der Waals surface area contributed by atoms with Gasteiger partial charge in [-0.2, -0.15) is 0 Å². The number of aromatic hydroxyl groups is 1. The summed E-state index contributed by atoms with van der Waals surface area (Å²) in [6.07, 6.45) is 0. The van der Waals surface area contributed by atoms with Crippen LogP contribution in [0.4, 0.5) is 0 Å². The molecule has 0 aliphatic heterocycles. The Hall–Kier alpha value is -2.88. The normalized spacial score (nSPS) is 11.3. The van der Waals surface area contributed by atoms with Crippen molar-refractivity contribution in [1.29, 1.82) is 0 Å². The minimum atomic E-state index is 0.110. The van der Waals surface area contributed by atoms with Gasteiger partial charge in [-0.3, -0.25) is 0 Å². The molecule has 0 aliphatic rings. The van der Waals surface area contributed by atoms with E-state index in [4.69, 9.17) is 4.42 Å². The van der Waals surface area contributed by atoms with Crippen LogP contribution in [0.3, 0.4) is 0 Å². The number of aryl methyl sites for hydroxylation is 1. The fourth-order valence-corrected chi connectivity index (χ4v) is 2.50. The molecule has 0 unspecified atom stereocenters. The van der Waals surface area contributed by atoms with Gasteiger partial charge in [0.2, 0.25) is 0 Å². The zero-order chi connectivity index (χ0) is 14.4. The summed E-state index contributed by atoms with van der Waals surface area (Å²) in [6, 6.07) is 15.0. The van der Waals surface area contributed by atoms with E-state index in [-0.39, 0.29) is 5.75 Å². The van der Waals surface area contributed by atoms with Crippen molar-refractivity contribution in [2.24, 2.45) is 0 Å². The number of para-hydroxylation sites is 3. The fraction of sp³-hybridized carbons (Fsp3) is 0.0588. The van der Waals surface area contributed by atoms with E-state index < -0.39 is 0 Å². The first-order valence-corrected chi connectivity index (χ1v) is 6.68. The second-order valence-electron chi connectivity index (χ2n) is 4.92. The topological polar surface area (TPSA) is 59.2 Å². The van der Waals surface area contributed by atoms with Crippen LogP contribution in [0.1, 0.15) is 5.69 Å². The van der Waals surface area contributed by atoms with Crippen LogP contribution in [-0.4, -0.2) is 15.1 Å². The van der Waals surface area contributed by atoms with E-state index in [1.807, 2.05) is 55.5 Å². The number of furan rings is 1. The van der Waals surface area contributed by atoms with Crippen molar-refractivity contribution in [1.82, 2.24) is 9.97 Å². The third-order valence-corrected chi connectivity index (χ3v) is 3.53. The molecule has 4 nitrogen and oxygen atoms in total. The SMILES string of the molecule is Cc1nc2ccccc2nc1-c1oc2ccccc2c1O. The van der Waals surface area contributed by atoms with Crippen molar-refractivity contribution in [2.75, 3.05) is 0 Å². The second kappa shape index (κ2) is 4.31. The van der Waals surface area contributed by atoms with E-state index in [9.17, 15) is 5.11 Å². The van der Waals surface area contributed by atoms with Crippen molar-refractivity contribution in [2.45, 2.75) is 6.92 Å². The Morgan fingerprint density at radius 3 is 2.33 bits per heavy atom. The Labute approximate surface area is 120 Å². The second-order valence-corrected chi connectivity index (χ2v) is 4.92. The van der Waals surface area contributed by atoms with Gasteiger partial charge in [0.05, 0.1) is 22.1 Å². The monoisotopic (exact) mass is 276 g/mol. The number of fused-ring (bicyclic) bond motifs is 2. The van der Waals surface area contributed by atoms with Gasteiger partial charge in [0.1, 0.15) is 11.3 Å². The summed E-state index contributed by atoms with van der Waals surface area (Å²) in [7, 11) is 0. The van der Waals surface area contributed by atoms with Crippen molar-refractivity contribution < 1.29 is 9.52 Å². The first-order valence-electron chi connectivity index (χ1n) is 6.68. The van der Waals surface area contributed by atoms with Crippen molar-refractivity contribution in [3.8, 4) is 17.2 Å². The summed E-state index contributed by atoms with van der Waals surface area (Å²) >= 11 is 0. The zero-order valence-electron chi connectivity index (χ0n) is 11.4. The number of nitrogens with zero attached hydrogens (tertiary/aromatic N) is 2. The highest BCUT2D eigenvalue weighted by Crippen LogP contribution is 2.39. The highest BCUT2D eigenvalue weighted by molar-refractivity contribution is 5.91. The Balaban J connectivity index is 2.03. The minimum absolute atomic E-state index is 0.110. The van der Waals surface area contributed by atoms with Gasteiger partial charge < -0.3 is 9.52 Å². The molecule has 0 radical (unpaired) electrons. The van der Waals surface area contributed by atoms with Crippen LogP contribution in [0.25, 0.3) is 33.5 Å². The molecule has 0 atom stereocenters. The predicted octanol–water partition coefficient (Wildman–Crippen LogP) is 4.06. The summed E-state index contributed by atoms with van der Waals surface area (Å²) in [4.78, 5) is 9.11. The van der Waals surface area contributed by atoms with Gasteiger partial charge >= 0.3 is 0 Å². The summed E-state index contributed by atoms with van der Waals surface area (Å²) in [6.45, 7) is 1.86. The molecule has 2 aromatic carbocycles. The fourth-order valence-electron chi connectivity index (χ4n) is 2.50. The average molecular weight is 276 g/mol. The highest BCUT2D eigenvalue weighted by Gasteiger charge is 2.19. The molecule has 0 saturated heterocycles. The van der Waals surface area contributed by atoms with Gasteiger partial charge in [-0.05, 0) is 31.2 Å². The lowest BCUT2D eigenvalue weighted by Crippen LogP contribution is -1.93. The standard InChI is InChI=1S/C17H12N2O2/c1-10-15(19-13-8-4-3-7-12(13)18-10)17-16(20)11-6-2-5-9-14(11)21-17/h2-9,20H,1H3. The molecule has 0 amide bonds. The van der Waals surface area contributed by atoms with E-state index in [0.717, 1.165) is 16.7 Å². The van der Waals surface area contributed by atoms with Crippen molar-refractivity contribution in [3.63, 3.8) is 0 Å². The van der Waals surface area contributed by atoms with Crippen molar-refractivity contribution >= 4 is 22.0 Å². The van der Waals surface area contributed by atoms with Gasteiger partial charge in [-0.1, -0.05) is 24.3 Å². The number of rotatable bonds is 1. The summed E-state index contributed by atoms with van der Waals surface area (Å²) in [5.41, 5.74) is 3.54. The van der Waals surface area contributed by atoms with E-state index >= 15 is 0 Å². The van der Waals surface area contributed by atoms with Gasteiger partial charge in [0.25, 0.3) is 0 Å². The smallest absolute Gasteiger partial charge is 0.197 e. The zero-order valence-corrected chi connectivity index (χ0v) is 11.4. The third-order valence-electron chi connectivity index (χ3n) is 3.53. The molecule has 0 bridgehead atoms.